The van der Waals surface area contributed by atoms with Crippen LogP contribution in [0.15, 0.2) is 82.7 Å². The molecule has 1 N–H and O–H groups in total. The maximum absolute atomic E-state index is 13.3. The van der Waals surface area contributed by atoms with Crippen LogP contribution in [0.25, 0.3) is 16.6 Å². The molecule has 0 spiro atoms. The molecule has 0 atom stereocenters. The number of benzene rings is 3. The molecule has 156 valence electrons. The van der Waals surface area contributed by atoms with Crippen molar-refractivity contribution in [3.8, 4) is 5.69 Å². The van der Waals surface area contributed by atoms with Crippen LogP contribution in [0, 0.1) is 6.92 Å². The third kappa shape index (κ3) is 4.70. The summed E-state index contributed by atoms with van der Waals surface area (Å²) < 4.78 is 1.59. The predicted molar refractivity (Wildman–Crippen MR) is 127 cm³/mol. The van der Waals surface area contributed by atoms with Gasteiger partial charge in [-0.05, 0) is 60.9 Å². The molecule has 0 saturated carbocycles. The molecule has 4 rings (SSSR count). The number of aromatic nitrogens is 2. The van der Waals surface area contributed by atoms with E-state index < -0.39 is 0 Å². The largest absolute Gasteiger partial charge is 0.325 e. The zero-order chi connectivity index (χ0) is 21.8. The first-order valence-electron chi connectivity index (χ1n) is 10.2. The summed E-state index contributed by atoms with van der Waals surface area (Å²) in [7, 11) is 0. The monoisotopic (exact) mass is 429 g/mol. The number of carbonyl (C=O) groups is 1. The fraction of sp³-hybridized carbons (Fsp3) is 0.160. The van der Waals surface area contributed by atoms with Gasteiger partial charge < -0.3 is 5.32 Å². The predicted octanol–water partition coefficient (Wildman–Crippen LogP) is 4.99. The van der Waals surface area contributed by atoms with Crippen LogP contribution in [0.3, 0.4) is 0 Å². The van der Waals surface area contributed by atoms with Gasteiger partial charge in [0.2, 0.25) is 5.91 Å². The van der Waals surface area contributed by atoms with E-state index >= 15 is 0 Å². The highest BCUT2D eigenvalue weighted by molar-refractivity contribution is 7.99. The number of rotatable bonds is 6. The summed E-state index contributed by atoms with van der Waals surface area (Å²) in [6, 6.07) is 22.8. The van der Waals surface area contributed by atoms with E-state index in [1.165, 1.54) is 17.3 Å². The summed E-state index contributed by atoms with van der Waals surface area (Å²) in [5.74, 6) is -0.00272. The number of amides is 1. The van der Waals surface area contributed by atoms with E-state index in [-0.39, 0.29) is 17.2 Å². The fourth-order valence-corrected chi connectivity index (χ4v) is 4.18. The van der Waals surface area contributed by atoms with Gasteiger partial charge in [0.05, 0.1) is 22.3 Å². The number of fused-ring (bicyclic) bond motifs is 1. The Labute approximate surface area is 185 Å². The SMILES string of the molecule is CCc1ccc(-n2c(SCC(=O)Nc3cccc(C)c3)nc3ccccc3c2=O)cc1. The summed E-state index contributed by atoms with van der Waals surface area (Å²) in [6.07, 6.45) is 0.923. The Kier molecular flexibility index (Phi) is 6.18. The topological polar surface area (TPSA) is 64.0 Å². The molecule has 0 aliphatic heterocycles. The first-order chi connectivity index (χ1) is 15.0. The minimum atomic E-state index is -0.147. The Morgan fingerprint density at radius 1 is 1.03 bits per heavy atom. The van der Waals surface area contributed by atoms with Crippen LogP contribution in [-0.2, 0) is 11.2 Å². The van der Waals surface area contributed by atoms with E-state index in [1.807, 2.05) is 73.7 Å². The minimum absolute atomic E-state index is 0.142. The van der Waals surface area contributed by atoms with Crippen molar-refractivity contribution in [3.63, 3.8) is 0 Å². The third-order valence-corrected chi connectivity index (χ3v) is 5.92. The van der Waals surface area contributed by atoms with Crippen LogP contribution < -0.4 is 10.9 Å². The first kappa shape index (κ1) is 20.9. The maximum Gasteiger partial charge on any atom is 0.266 e. The minimum Gasteiger partial charge on any atom is -0.325 e. The number of carbonyl (C=O) groups excluding carboxylic acids is 1. The van der Waals surface area contributed by atoms with E-state index in [0.29, 0.717) is 16.1 Å². The molecule has 4 aromatic rings. The van der Waals surface area contributed by atoms with Crippen molar-refractivity contribution < 1.29 is 4.79 Å². The van der Waals surface area contributed by atoms with Gasteiger partial charge in [-0.1, -0.05) is 55.1 Å². The quantitative estimate of drug-likeness (QED) is 0.347. The van der Waals surface area contributed by atoms with Gasteiger partial charge in [-0.15, -0.1) is 0 Å². The molecule has 3 aromatic carbocycles. The maximum atomic E-state index is 13.3. The fourth-order valence-electron chi connectivity index (χ4n) is 3.37. The zero-order valence-corrected chi connectivity index (χ0v) is 18.3. The van der Waals surface area contributed by atoms with Crippen molar-refractivity contribution in [1.29, 1.82) is 0 Å². The van der Waals surface area contributed by atoms with Gasteiger partial charge in [0.1, 0.15) is 0 Å². The third-order valence-electron chi connectivity index (χ3n) is 4.98. The number of nitrogens with one attached hydrogen (secondary N) is 1. The van der Waals surface area contributed by atoms with Crippen LogP contribution >= 0.6 is 11.8 Å². The summed E-state index contributed by atoms with van der Waals surface area (Å²) in [6.45, 7) is 4.07. The van der Waals surface area contributed by atoms with Crippen molar-refractivity contribution in [2.75, 3.05) is 11.1 Å². The van der Waals surface area contributed by atoms with Crippen LogP contribution in [0.5, 0.6) is 0 Å². The molecule has 0 aliphatic carbocycles. The highest BCUT2D eigenvalue weighted by Gasteiger charge is 2.15. The van der Waals surface area contributed by atoms with Crippen molar-refractivity contribution in [3.05, 3.63) is 94.3 Å². The Morgan fingerprint density at radius 3 is 2.55 bits per heavy atom. The van der Waals surface area contributed by atoms with E-state index in [2.05, 4.69) is 12.2 Å². The van der Waals surface area contributed by atoms with Gasteiger partial charge in [0.25, 0.3) is 5.56 Å². The smallest absolute Gasteiger partial charge is 0.266 e. The normalized spacial score (nSPS) is 10.9. The van der Waals surface area contributed by atoms with Gasteiger partial charge in [-0.3, -0.25) is 14.2 Å². The van der Waals surface area contributed by atoms with Crippen LogP contribution in [0.1, 0.15) is 18.1 Å². The molecule has 0 bridgehead atoms. The standard InChI is InChI=1S/C25H23N3O2S/c1-3-18-11-13-20(14-12-18)28-24(30)21-9-4-5-10-22(21)27-25(28)31-16-23(29)26-19-8-6-7-17(2)15-19/h4-15H,3,16H2,1-2H3,(H,26,29). The average Bonchev–Trinajstić information content (AvgIpc) is 2.78. The van der Waals surface area contributed by atoms with Crippen LogP contribution in [0.2, 0.25) is 0 Å². The molecule has 6 heteroatoms. The van der Waals surface area contributed by atoms with E-state index in [9.17, 15) is 9.59 Å². The molecule has 1 amide bonds. The molecule has 0 radical (unpaired) electrons. The molecule has 0 saturated heterocycles. The molecule has 1 heterocycles. The number of para-hydroxylation sites is 1. The molecular weight excluding hydrogens is 406 g/mol. The Balaban J connectivity index is 1.67. The summed E-state index contributed by atoms with van der Waals surface area (Å²) >= 11 is 1.25. The van der Waals surface area contributed by atoms with Crippen molar-refractivity contribution >= 4 is 34.3 Å². The van der Waals surface area contributed by atoms with Gasteiger partial charge in [0.15, 0.2) is 5.16 Å². The van der Waals surface area contributed by atoms with E-state index in [4.69, 9.17) is 4.98 Å². The van der Waals surface area contributed by atoms with Crippen LogP contribution in [0.4, 0.5) is 5.69 Å². The van der Waals surface area contributed by atoms with Crippen molar-refractivity contribution in [2.45, 2.75) is 25.4 Å². The van der Waals surface area contributed by atoms with E-state index in [1.54, 1.807) is 10.6 Å². The lowest BCUT2D eigenvalue weighted by Crippen LogP contribution is -2.23. The lowest BCUT2D eigenvalue weighted by atomic mass is 10.1. The molecule has 0 unspecified atom stereocenters. The number of hydrogen-bond acceptors (Lipinski definition) is 4. The lowest BCUT2D eigenvalue weighted by molar-refractivity contribution is -0.113. The van der Waals surface area contributed by atoms with Gasteiger partial charge >= 0.3 is 0 Å². The van der Waals surface area contributed by atoms with Crippen molar-refractivity contribution in [1.82, 2.24) is 9.55 Å². The highest BCUT2D eigenvalue weighted by Crippen LogP contribution is 2.22. The molecular formula is C25H23N3O2S. The van der Waals surface area contributed by atoms with Gasteiger partial charge in [-0.2, -0.15) is 0 Å². The highest BCUT2D eigenvalue weighted by atomic mass is 32.2. The Bertz CT molecular complexity index is 1300. The zero-order valence-electron chi connectivity index (χ0n) is 17.5. The van der Waals surface area contributed by atoms with Gasteiger partial charge in [0, 0.05) is 5.69 Å². The second-order valence-electron chi connectivity index (χ2n) is 7.28. The first-order valence-corrected chi connectivity index (χ1v) is 11.1. The number of hydrogen-bond donors (Lipinski definition) is 1. The summed E-state index contributed by atoms with van der Waals surface area (Å²) in [5.41, 5.74) is 4.24. The molecule has 0 fully saturated rings. The second kappa shape index (κ2) is 9.18. The van der Waals surface area contributed by atoms with E-state index in [0.717, 1.165) is 23.4 Å². The van der Waals surface area contributed by atoms with Crippen molar-refractivity contribution in [2.24, 2.45) is 0 Å². The molecule has 0 aliphatic rings. The lowest BCUT2D eigenvalue weighted by Gasteiger charge is -2.14. The number of nitrogens with zero attached hydrogens (tertiary/aromatic N) is 2. The number of thioether (sulfide) groups is 1. The Morgan fingerprint density at radius 2 is 1.81 bits per heavy atom. The average molecular weight is 430 g/mol. The molecule has 1 aromatic heterocycles. The summed E-state index contributed by atoms with van der Waals surface area (Å²) in [4.78, 5) is 30.5. The number of anilines is 1. The number of aryl methyl sites for hydroxylation is 2. The molecule has 5 nitrogen and oxygen atoms in total. The second-order valence-corrected chi connectivity index (χ2v) is 8.22. The molecule has 31 heavy (non-hydrogen) atoms. The van der Waals surface area contributed by atoms with Crippen LogP contribution in [-0.4, -0.2) is 21.2 Å². The van der Waals surface area contributed by atoms with Gasteiger partial charge in [-0.25, -0.2) is 4.98 Å². The summed E-state index contributed by atoms with van der Waals surface area (Å²) in [5, 5.41) is 3.95. The Hall–Kier alpha value is -3.38.